The number of nitrogens with zero attached hydrogens (tertiary/aromatic N) is 5. The number of hydrogen-bond acceptors (Lipinski definition) is 2. The fraction of sp³-hybridized carbons (Fsp3) is 0. The second kappa shape index (κ2) is 11.4. The molecule has 0 aliphatic heterocycles. The molecule has 4 aromatic heterocycles. The first-order valence-corrected chi connectivity index (χ1v) is 19.4. The van der Waals surface area contributed by atoms with Crippen LogP contribution >= 0.6 is 0 Å². The van der Waals surface area contributed by atoms with Gasteiger partial charge in [-0.15, -0.1) is 0 Å². The molecule has 0 radical (unpaired) electrons. The van der Waals surface area contributed by atoms with Crippen LogP contribution in [0.15, 0.2) is 188 Å². The summed E-state index contributed by atoms with van der Waals surface area (Å²) in [6.07, 6.45) is 0. The number of aromatic nitrogens is 5. The quantitative estimate of drug-likeness (QED) is 0.182. The highest BCUT2D eigenvalue weighted by Crippen LogP contribution is 2.42. The van der Waals surface area contributed by atoms with Crippen LogP contribution in [0.5, 0.6) is 0 Å². The molecule has 0 atom stereocenters. The van der Waals surface area contributed by atoms with Crippen LogP contribution in [0.1, 0.15) is 0 Å². The van der Waals surface area contributed by atoms with Gasteiger partial charge in [0.15, 0.2) is 11.6 Å². The van der Waals surface area contributed by atoms with Gasteiger partial charge in [0.1, 0.15) is 0 Å². The molecule has 264 valence electrons. The average Bonchev–Trinajstić information content (AvgIpc) is 3.92. The molecule has 13 rings (SSSR count). The summed E-state index contributed by atoms with van der Waals surface area (Å²) in [6, 6.07) is 67.7. The Morgan fingerprint density at radius 2 is 0.772 bits per heavy atom. The lowest BCUT2D eigenvalue weighted by Gasteiger charge is -2.16. The van der Waals surface area contributed by atoms with Crippen molar-refractivity contribution in [2.45, 2.75) is 0 Å². The van der Waals surface area contributed by atoms with E-state index in [1.165, 1.54) is 64.9 Å². The largest absolute Gasteiger partial charge is 0.309 e. The summed E-state index contributed by atoms with van der Waals surface area (Å²) < 4.78 is 7.12. The molecule has 0 aliphatic carbocycles. The lowest BCUT2D eigenvalue weighted by molar-refractivity contribution is 0.995. The van der Waals surface area contributed by atoms with Crippen molar-refractivity contribution in [3.63, 3.8) is 0 Å². The Kier molecular flexibility index (Phi) is 6.10. The van der Waals surface area contributed by atoms with Crippen molar-refractivity contribution < 1.29 is 0 Å². The fourth-order valence-corrected chi connectivity index (χ4v) is 9.57. The number of fused-ring (bicyclic) bond motifs is 14. The minimum Gasteiger partial charge on any atom is -0.309 e. The molecule has 0 spiro atoms. The van der Waals surface area contributed by atoms with E-state index >= 15 is 0 Å². The van der Waals surface area contributed by atoms with Crippen molar-refractivity contribution in [1.29, 1.82) is 0 Å². The highest BCUT2D eigenvalue weighted by Gasteiger charge is 2.24. The number of rotatable bonds is 3. The Bertz CT molecular complexity index is 3770. The third kappa shape index (κ3) is 4.17. The van der Waals surface area contributed by atoms with E-state index in [-0.39, 0.29) is 0 Å². The van der Waals surface area contributed by atoms with Gasteiger partial charge < -0.3 is 4.57 Å². The van der Waals surface area contributed by atoms with Crippen LogP contribution < -0.4 is 0 Å². The van der Waals surface area contributed by atoms with Gasteiger partial charge >= 0.3 is 0 Å². The molecule has 13 aromatic rings. The Morgan fingerprint density at radius 1 is 0.298 bits per heavy atom. The van der Waals surface area contributed by atoms with E-state index in [2.05, 4.69) is 190 Å². The highest BCUT2D eigenvalue weighted by molar-refractivity contribution is 6.23. The van der Waals surface area contributed by atoms with E-state index < -0.39 is 0 Å². The molecular weight excluding hydrogens is 695 g/mol. The summed E-state index contributed by atoms with van der Waals surface area (Å²) in [5, 5.41) is 12.1. The van der Waals surface area contributed by atoms with Crippen molar-refractivity contribution >= 4 is 98.0 Å². The number of para-hydroxylation sites is 5. The molecule has 5 heteroatoms. The number of benzene rings is 9. The zero-order valence-corrected chi connectivity index (χ0v) is 30.6. The van der Waals surface area contributed by atoms with Crippen LogP contribution in [0, 0.1) is 0 Å². The Balaban J connectivity index is 1.22. The summed E-state index contributed by atoms with van der Waals surface area (Å²) in [5.74, 6) is 1.56. The summed E-state index contributed by atoms with van der Waals surface area (Å²) in [5.41, 5.74) is 9.50. The van der Waals surface area contributed by atoms with Crippen LogP contribution in [0.2, 0.25) is 0 Å². The van der Waals surface area contributed by atoms with E-state index in [9.17, 15) is 0 Å². The van der Waals surface area contributed by atoms with Crippen molar-refractivity contribution in [2.24, 2.45) is 0 Å². The SMILES string of the molecule is c1ccc2c(c1)ccc1c2c2ccc(-n3c4ccccc4c4ccc5ccccc5c43)cc2n1-c1nc2ccccc2nc1-n1c2ccccc2c2ccccc21. The maximum absolute atomic E-state index is 5.57. The average molecular weight is 726 g/mol. The van der Waals surface area contributed by atoms with E-state index in [1.54, 1.807) is 0 Å². The topological polar surface area (TPSA) is 40.6 Å². The van der Waals surface area contributed by atoms with Gasteiger partial charge in [0.25, 0.3) is 0 Å². The van der Waals surface area contributed by atoms with Gasteiger partial charge in [-0.2, -0.15) is 0 Å². The van der Waals surface area contributed by atoms with Gasteiger partial charge in [-0.25, -0.2) is 9.97 Å². The molecule has 0 amide bonds. The van der Waals surface area contributed by atoms with Crippen LogP contribution in [0.4, 0.5) is 0 Å². The molecule has 0 bridgehead atoms. The summed E-state index contributed by atoms with van der Waals surface area (Å²) in [7, 11) is 0. The van der Waals surface area contributed by atoms with E-state index in [1.807, 2.05) is 12.1 Å². The van der Waals surface area contributed by atoms with Crippen LogP contribution in [0.25, 0.3) is 115 Å². The second-order valence-corrected chi connectivity index (χ2v) is 15.0. The fourth-order valence-electron chi connectivity index (χ4n) is 9.57. The normalized spacial score (nSPS) is 12.2. The lowest BCUT2D eigenvalue weighted by Crippen LogP contribution is -2.09. The maximum atomic E-state index is 5.57. The molecular formula is C52H31N5. The molecule has 0 saturated heterocycles. The first-order valence-electron chi connectivity index (χ1n) is 19.4. The Morgan fingerprint density at radius 3 is 1.44 bits per heavy atom. The first-order chi connectivity index (χ1) is 28.3. The van der Waals surface area contributed by atoms with Gasteiger partial charge in [-0.1, -0.05) is 140 Å². The monoisotopic (exact) mass is 725 g/mol. The predicted molar refractivity (Wildman–Crippen MR) is 238 cm³/mol. The smallest absolute Gasteiger partial charge is 0.182 e. The lowest BCUT2D eigenvalue weighted by atomic mass is 10.0. The van der Waals surface area contributed by atoms with Crippen molar-refractivity contribution in [2.75, 3.05) is 0 Å². The summed E-state index contributed by atoms with van der Waals surface area (Å²) in [6.45, 7) is 0. The third-order valence-electron chi connectivity index (χ3n) is 12.0. The molecule has 0 N–H and O–H groups in total. The molecule has 4 heterocycles. The first kappa shape index (κ1) is 30.6. The molecule has 9 aromatic carbocycles. The van der Waals surface area contributed by atoms with Gasteiger partial charge in [-0.05, 0) is 64.7 Å². The van der Waals surface area contributed by atoms with Crippen LogP contribution in [-0.2, 0) is 0 Å². The Hall–Kier alpha value is -7.76. The number of hydrogen-bond donors (Lipinski definition) is 0. The zero-order valence-electron chi connectivity index (χ0n) is 30.6. The highest BCUT2D eigenvalue weighted by atomic mass is 15.2. The zero-order chi connectivity index (χ0) is 37.2. The van der Waals surface area contributed by atoms with Crippen molar-refractivity contribution in [1.82, 2.24) is 23.7 Å². The molecule has 0 fully saturated rings. The minimum atomic E-state index is 0.778. The van der Waals surface area contributed by atoms with E-state index in [0.29, 0.717) is 0 Å². The molecule has 0 unspecified atom stereocenters. The molecule has 0 saturated carbocycles. The van der Waals surface area contributed by atoms with Gasteiger partial charge in [0, 0.05) is 43.4 Å². The van der Waals surface area contributed by atoms with Crippen LogP contribution in [0.3, 0.4) is 0 Å². The van der Waals surface area contributed by atoms with Crippen molar-refractivity contribution in [3.05, 3.63) is 188 Å². The maximum Gasteiger partial charge on any atom is 0.182 e. The Labute approximate surface area is 325 Å². The molecule has 5 nitrogen and oxygen atoms in total. The summed E-state index contributed by atoms with van der Waals surface area (Å²) >= 11 is 0. The van der Waals surface area contributed by atoms with E-state index in [4.69, 9.17) is 9.97 Å². The van der Waals surface area contributed by atoms with E-state index in [0.717, 1.165) is 50.4 Å². The summed E-state index contributed by atoms with van der Waals surface area (Å²) in [4.78, 5) is 11.1. The predicted octanol–water partition coefficient (Wildman–Crippen LogP) is 13.2. The van der Waals surface area contributed by atoms with Gasteiger partial charge in [-0.3, -0.25) is 9.13 Å². The third-order valence-corrected chi connectivity index (χ3v) is 12.0. The van der Waals surface area contributed by atoms with Crippen molar-refractivity contribution in [3.8, 4) is 17.3 Å². The van der Waals surface area contributed by atoms with Gasteiger partial charge in [0.2, 0.25) is 0 Å². The molecule has 57 heavy (non-hydrogen) atoms. The van der Waals surface area contributed by atoms with Gasteiger partial charge in [0.05, 0.1) is 44.1 Å². The second-order valence-electron chi connectivity index (χ2n) is 15.0. The van der Waals surface area contributed by atoms with Crippen LogP contribution in [-0.4, -0.2) is 23.7 Å². The minimum absolute atomic E-state index is 0.778. The molecule has 0 aliphatic rings. The standard InChI is InChI=1S/C52H31N5/c1-3-15-35-32(13-1)26-30-47-49(35)41-29-27-34(55-44-22-10-7-19-39(44)40-28-25-33-14-2-4-16-36(33)50(40)55)31-48(41)57(47)52-51(53-42-20-8-9-21-43(42)54-52)56-45-23-11-5-17-37(45)38-18-6-12-24-46(38)56/h1-31H.